The molecular weight excluding hydrogens is 873 g/mol. The van der Waals surface area contributed by atoms with Gasteiger partial charge in [0, 0.05) is 30.9 Å². The van der Waals surface area contributed by atoms with Crippen molar-refractivity contribution in [3.63, 3.8) is 0 Å². The van der Waals surface area contributed by atoms with Crippen LogP contribution in [-0.2, 0) is 59.7 Å². The number of anilines is 2. The molecule has 1 unspecified atom stereocenters. The van der Waals surface area contributed by atoms with E-state index in [2.05, 4.69) is 40.7 Å². The van der Waals surface area contributed by atoms with Gasteiger partial charge >= 0.3 is 6.18 Å². The average molecular weight is 919 g/mol. The molecule has 2 amide bonds. The predicted octanol–water partition coefficient (Wildman–Crippen LogP) is 3.73. The second kappa shape index (κ2) is 21.2. The first-order valence-corrected chi connectivity index (χ1v) is 21.4. The summed E-state index contributed by atoms with van der Waals surface area (Å²) in [6.45, 7) is 4.84. The Balaban J connectivity index is 0.863. The van der Waals surface area contributed by atoms with Gasteiger partial charge in [-0.05, 0) is 56.2 Å². The van der Waals surface area contributed by atoms with Crippen molar-refractivity contribution in [2.75, 3.05) is 51.5 Å². The number of sulfonamides is 1. The van der Waals surface area contributed by atoms with Gasteiger partial charge in [0.1, 0.15) is 29.4 Å². The zero-order valence-corrected chi connectivity index (χ0v) is 35.5. The minimum Gasteiger partial charge on any atom is -0.491 e. The standard InChI is InChI=1S/C40H46F4N10O9S/c1-39(2,57)25-54-22-27(20-46-54)36-32(40(42,43)44)21-45-38(50-36)48-34-8-6-30(19-33(34)41)64(58,59)47-10-12-62-24-28-23-53(52-51-28)11-13-60-14-15-61-16-17-63-29-5-3-4-26(18-29)31-7-9-35(55)49-37(31)56/h3-6,8,18-23,31,47,57H,7,9-17,24-25H2,1-2H3,(H,45,48,50)(H,49,55,56). The number of aliphatic hydroxyl groups is 1. The monoisotopic (exact) mass is 918 g/mol. The van der Waals surface area contributed by atoms with E-state index in [0.29, 0.717) is 70.1 Å². The summed E-state index contributed by atoms with van der Waals surface area (Å²) in [5.74, 6) is -1.80. The summed E-state index contributed by atoms with van der Waals surface area (Å²) in [6, 6.07) is 10.1. The number of ether oxygens (including phenoxy) is 4. The van der Waals surface area contributed by atoms with E-state index in [1.807, 2.05) is 6.07 Å². The van der Waals surface area contributed by atoms with Crippen molar-refractivity contribution in [3.8, 4) is 17.0 Å². The molecule has 2 aromatic carbocycles. The van der Waals surface area contributed by atoms with Crippen molar-refractivity contribution < 1.29 is 59.6 Å². The Hall–Kier alpha value is -5.92. The molecule has 4 heterocycles. The summed E-state index contributed by atoms with van der Waals surface area (Å²) in [6.07, 6.45) is 0.535. The lowest BCUT2D eigenvalue weighted by atomic mass is 9.90. The molecule has 0 spiro atoms. The van der Waals surface area contributed by atoms with Gasteiger partial charge in [0.25, 0.3) is 0 Å². The van der Waals surface area contributed by atoms with E-state index in [9.17, 15) is 36.3 Å². The highest BCUT2D eigenvalue weighted by Crippen LogP contribution is 2.36. The van der Waals surface area contributed by atoms with Gasteiger partial charge in [0.15, 0.2) is 0 Å². The fourth-order valence-corrected chi connectivity index (χ4v) is 7.30. The van der Waals surface area contributed by atoms with Gasteiger partial charge in [-0.1, -0.05) is 17.3 Å². The van der Waals surface area contributed by atoms with Crippen molar-refractivity contribution in [1.29, 1.82) is 0 Å². The number of piperidine rings is 1. The minimum absolute atomic E-state index is 0.00884. The Bertz CT molecular complexity index is 2500. The summed E-state index contributed by atoms with van der Waals surface area (Å²) in [5.41, 5.74) is -1.95. The second-order valence-electron chi connectivity index (χ2n) is 15.0. The van der Waals surface area contributed by atoms with E-state index in [4.69, 9.17) is 18.9 Å². The SMILES string of the molecule is CC(C)(O)Cn1cc(-c2nc(Nc3ccc(S(=O)(=O)NCCOCc4cn(CCOCCOCCOc5cccc(C6CCC(=O)NC6=O)c5)nn4)cc3F)ncc2C(F)(F)F)cn1. The van der Waals surface area contributed by atoms with Crippen LogP contribution in [0.3, 0.4) is 0 Å². The summed E-state index contributed by atoms with van der Waals surface area (Å²) in [7, 11) is -4.19. The third kappa shape index (κ3) is 13.8. The molecule has 0 saturated carbocycles. The molecule has 1 aliphatic rings. The summed E-state index contributed by atoms with van der Waals surface area (Å²) < 4.78 is 110. The number of hydrogen-bond donors (Lipinski definition) is 4. The van der Waals surface area contributed by atoms with E-state index in [1.165, 1.54) is 24.7 Å². The highest BCUT2D eigenvalue weighted by atomic mass is 32.2. The van der Waals surface area contributed by atoms with Crippen LogP contribution in [0.25, 0.3) is 11.3 Å². The molecule has 24 heteroatoms. The first kappa shape index (κ1) is 47.6. The van der Waals surface area contributed by atoms with Crippen molar-refractivity contribution >= 4 is 33.5 Å². The Morgan fingerprint density at radius 2 is 1.73 bits per heavy atom. The second-order valence-corrected chi connectivity index (χ2v) is 16.8. The van der Waals surface area contributed by atoms with Gasteiger partial charge < -0.3 is 29.4 Å². The number of amides is 2. The lowest BCUT2D eigenvalue weighted by Crippen LogP contribution is -2.39. The number of nitrogens with zero attached hydrogens (tertiary/aromatic N) is 7. The Labute approximate surface area is 364 Å². The lowest BCUT2D eigenvalue weighted by molar-refractivity contribution is -0.137. The summed E-state index contributed by atoms with van der Waals surface area (Å²) in [4.78, 5) is 30.8. The molecule has 344 valence electrons. The van der Waals surface area contributed by atoms with Crippen molar-refractivity contribution in [2.24, 2.45) is 0 Å². The normalized spacial score (nSPS) is 14.8. The first-order chi connectivity index (χ1) is 30.4. The highest BCUT2D eigenvalue weighted by Gasteiger charge is 2.36. The van der Waals surface area contributed by atoms with E-state index in [-0.39, 0.29) is 49.4 Å². The summed E-state index contributed by atoms with van der Waals surface area (Å²) >= 11 is 0. The van der Waals surface area contributed by atoms with E-state index in [0.717, 1.165) is 30.0 Å². The zero-order chi connectivity index (χ0) is 45.9. The molecule has 0 bridgehead atoms. The fourth-order valence-electron chi connectivity index (χ4n) is 6.28. The Kier molecular flexibility index (Phi) is 15.7. The number of alkyl halides is 3. The topological polar surface area (TPSA) is 236 Å². The molecule has 4 N–H and O–H groups in total. The molecule has 6 rings (SSSR count). The molecule has 0 radical (unpaired) electrons. The maximum Gasteiger partial charge on any atom is 0.419 e. The van der Waals surface area contributed by atoms with E-state index >= 15 is 4.39 Å². The summed E-state index contributed by atoms with van der Waals surface area (Å²) in [5, 5.41) is 26.9. The van der Waals surface area contributed by atoms with Crippen molar-refractivity contribution in [3.05, 3.63) is 89.9 Å². The van der Waals surface area contributed by atoms with Gasteiger partial charge in [0.05, 0.1) is 92.9 Å². The molecule has 1 fully saturated rings. The van der Waals surface area contributed by atoms with E-state index in [1.54, 1.807) is 29.1 Å². The van der Waals surface area contributed by atoms with Crippen LogP contribution in [0.5, 0.6) is 5.75 Å². The molecule has 19 nitrogen and oxygen atoms in total. The molecule has 5 aromatic rings. The molecular formula is C40H46F4N10O9S. The lowest BCUT2D eigenvalue weighted by Gasteiger charge is -2.21. The molecule has 1 atom stereocenters. The number of carbonyl (C=O) groups excluding carboxylic acids is 2. The third-order valence-electron chi connectivity index (χ3n) is 9.25. The Morgan fingerprint density at radius 3 is 2.48 bits per heavy atom. The van der Waals surface area contributed by atoms with Gasteiger partial charge in [-0.3, -0.25) is 19.6 Å². The third-order valence-corrected chi connectivity index (χ3v) is 10.7. The molecule has 0 aliphatic carbocycles. The smallest absolute Gasteiger partial charge is 0.419 e. The predicted molar refractivity (Wildman–Crippen MR) is 218 cm³/mol. The van der Waals surface area contributed by atoms with Crippen LogP contribution >= 0.6 is 0 Å². The molecule has 1 saturated heterocycles. The highest BCUT2D eigenvalue weighted by molar-refractivity contribution is 7.89. The van der Waals surface area contributed by atoms with Crippen molar-refractivity contribution in [2.45, 2.75) is 69.0 Å². The van der Waals surface area contributed by atoms with Crippen LogP contribution < -0.4 is 20.1 Å². The van der Waals surface area contributed by atoms with Gasteiger partial charge in [0.2, 0.25) is 27.8 Å². The Morgan fingerprint density at radius 1 is 0.953 bits per heavy atom. The largest absolute Gasteiger partial charge is 0.491 e. The number of nitrogens with one attached hydrogen (secondary N) is 3. The van der Waals surface area contributed by atoms with E-state index < -0.39 is 55.6 Å². The number of rotatable bonds is 23. The van der Waals surface area contributed by atoms with Crippen LogP contribution in [0.15, 0.2) is 72.1 Å². The van der Waals surface area contributed by atoms with Crippen LogP contribution in [-0.4, -0.2) is 112 Å². The minimum atomic E-state index is -4.83. The van der Waals surface area contributed by atoms with Crippen molar-refractivity contribution in [1.82, 2.24) is 44.8 Å². The molecule has 3 aromatic heterocycles. The molecule has 64 heavy (non-hydrogen) atoms. The quantitative estimate of drug-likeness (QED) is 0.0415. The van der Waals surface area contributed by atoms with Crippen LogP contribution in [0.2, 0.25) is 0 Å². The number of benzene rings is 2. The zero-order valence-electron chi connectivity index (χ0n) is 34.7. The first-order valence-electron chi connectivity index (χ1n) is 19.9. The number of hydrogen-bond acceptors (Lipinski definition) is 15. The maximum absolute atomic E-state index is 15.1. The maximum atomic E-state index is 15.1. The average Bonchev–Trinajstić information content (AvgIpc) is 3.89. The van der Waals surface area contributed by atoms with Crippen LogP contribution in [0.1, 0.15) is 49.4 Å². The fraction of sp³-hybridized carbons (Fsp3) is 0.425. The molecule has 1 aliphatic heterocycles. The number of imide groups is 1. The van der Waals surface area contributed by atoms with Gasteiger partial charge in [-0.15, -0.1) is 5.10 Å². The van der Waals surface area contributed by atoms with Gasteiger partial charge in [-0.2, -0.15) is 18.3 Å². The number of aromatic nitrogens is 7. The number of halogens is 4. The van der Waals surface area contributed by atoms with Crippen LogP contribution in [0.4, 0.5) is 29.2 Å². The van der Waals surface area contributed by atoms with Crippen LogP contribution in [0, 0.1) is 5.82 Å². The number of carbonyl (C=O) groups is 2. The van der Waals surface area contributed by atoms with Gasteiger partial charge in [-0.25, -0.2) is 32.2 Å².